The molecule has 4 nitrogen and oxygen atoms in total. The molecule has 0 bridgehead atoms. The average molecular weight is 259 g/mol. The molecule has 0 saturated heterocycles. The van der Waals surface area contributed by atoms with Crippen LogP contribution in [0.2, 0.25) is 0 Å². The van der Waals surface area contributed by atoms with E-state index in [1.165, 1.54) is 12.8 Å². The Morgan fingerprint density at radius 2 is 2.11 bits per heavy atom. The van der Waals surface area contributed by atoms with Gasteiger partial charge in [-0.25, -0.2) is 0 Å². The summed E-state index contributed by atoms with van der Waals surface area (Å²) in [5.74, 6) is -0.0546. The van der Waals surface area contributed by atoms with Gasteiger partial charge in [0.1, 0.15) is 0 Å². The summed E-state index contributed by atoms with van der Waals surface area (Å²) in [6.45, 7) is 1.60. The molecule has 0 aromatic heterocycles. The number of likely N-dealkylation sites (N-methyl/N-ethyl adjacent to an activating group) is 1. The Bertz CT molecular complexity index is 449. The third-order valence-corrected chi connectivity index (χ3v) is 3.30. The first-order valence-electron chi connectivity index (χ1n) is 6.67. The van der Waals surface area contributed by atoms with Crippen LogP contribution >= 0.6 is 0 Å². The lowest BCUT2D eigenvalue weighted by molar-refractivity contribution is -0.116. The normalized spacial score (nSPS) is 15.1. The third kappa shape index (κ3) is 4.75. The first kappa shape index (κ1) is 13.6. The van der Waals surface area contributed by atoms with E-state index in [9.17, 15) is 4.79 Å². The molecule has 1 saturated carbocycles. The van der Waals surface area contributed by atoms with Crippen LogP contribution in [0.3, 0.4) is 0 Å². The van der Waals surface area contributed by atoms with Crippen molar-refractivity contribution in [3.05, 3.63) is 35.9 Å². The van der Waals surface area contributed by atoms with E-state index in [-0.39, 0.29) is 5.91 Å². The van der Waals surface area contributed by atoms with Crippen LogP contribution in [0.5, 0.6) is 0 Å². The van der Waals surface area contributed by atoms with E-state index in [0.29, 0.717) is 6.54 Å². The summed E-state index contributed by atoms with van der Waals surface area (Å²) in [7, 11) is 2.11. The van der Waals surface area contributed by atoms with Gasteiger partial charge in [0, 0.05) is 30.9 Å². The van der Waals surface area contributed by atoms with Gasteiger partial charge in [0.15, 0.2) is 0 Å². The molecule has 3 N–H and O–H groups in total. The molecule has 0 heterocycles. The zero-order chi connectivity index (χ0) is 13.7. The van der Waals surface area contributed by atoms with Crippen LogP contribution in [0.4, 0.5) is 5.69 Å². The lowest BCUT2D eigenvalue weighted by Gasteiger charge is -2.15. The molecule has 1 amide bonds. The number of benzene rings is 1. The quantitative estimate of drug-likeness (QED) is 0.601. The zero-order valence-corrected chi connectivity index (χ0v) is 11.3. The van der Waals surface area contributed by atoms with Gasteiger partial charge in [-0.05, 0) is 43.7 Å². The minimum Gasteiger partial charge on any atom is -0.399 e. The van der Waals surface area contributed by atoms with Crippen LogP contribution in [0.1, 0.15) is 18.4 Å². The fourth-order valence-corrected chi connectivity index (χ4v) is 1.89. The molecule has 1 aliphatic rings. The number of nitrogens with zero attached hydrogens (tertiary/aromatic N) is 1. The van der Waals surface area contributed by atoms with Gasteiger partial charge in [0.2, 0.25) is 5.91 Å². The van der Waals surface area contributed by atoms with Gasteiger partial charge in [-0.1, -0.05) is 12.1 Å². The smallest absolute Gasteiger partial charge is 0.244 e. The highest BCUT2D eigenvalue weighted by Crippen LogP contribution is 2.24. The fraction of sp³-hybridized carbons (Fsp3) is 0.400. The van der Waals surface area contributed by atoms with Crippen LogP contribution in [-0.2, 0) is 4.79 Å². The Morgan fingerprint density at radius 3 is 2.74 bits per heavy atom. The Labute approximate surface area is 114 Å². The molecule has 1 fully saturated rings. The molecule has 0 spiro atoms. The molecule has 2 rings (SSSR count). The lowest BCUT2D eigenvalue weighted by Crippen LogP contribution is -2.33. The Kier molecular flexibility index (Phi) is 4.58. The SMILES string of the molecule is CN(CCNC(=O)/C=C/c1ccc(N)cc1)C1CC1. The first-order chi connectivity index (χ1) is 9.15. The Balaban J connectivity index is 1.69. The van der Waals surface area contributed by atoms with Crippen molar-refractivity contribution in [1.82, 2.24) is 10.2 Å². The molecular weight excluding hydrogens is 238 g/mol. The van der Waals surface area contributed by atoms with E-state index < -0.39 is 0 Å². The van der Waals surface area contributed by atoms with Crippen molar-refractivity contribution in [1.29, 1.82) is 0 Å². The summed E-state index contributed by atoms with van der Waals surface area (Å²) in [6.07, 6.45) is 5.94. The number of hydrogen-bond acceptors (Lipinski definition) is 3. The number of nitrogens with one attached hydrogen (secondary N) is 1. The summed E-state index contributed by atoms with van der Waals surface area (Å²) < 4.78 is 0. The van der Waals surface area contributed by atoms with E-state index in [4.69, 9.17) is 5.73 Å². The number of carbonyl (C=O) groups is 1. The predicted octanol–water partition coefficient (Wildman–Crippen LogP) is 1.49. The highest BCUT2D eigenvalue weighted by atomic mass is 16.1. The topological polar surface area (TPSA) is 58.4 Å². The molecule has 1 aromatic rings. The number of nitrogen functional groups attached to an aromatic ring is 1. The second kappa shape index (κ2) is 6.38. The molecule has 1 aliphatic carbocycles. The minimum atomic E-state index is -0.0546. The van der Waals surface area contributed by atoms with Crippen LogP contribution in [0.15, 0.2) is 30.3 Å². The van der Waals surface area contributed by atoms with E-state index >= 15 is 0 Å². The summed E-state index contributed by atoms with van der Waals surface area (Å²) in [4.78, 5) is 13.9. The monoisotopic (exact) mass is 259 g/mol. The van der Waals surface area contributed by atoms with Gasteiger partial charge in [0.05, 0.1) is 0 Å². The van der Waals surface area contributed by atoms with Crippen LogP contribution in [0.25, 0.3) is 6.08 Å². The van der Waals surface area contributed by atoms with Crippen LogP contribution in [-0.4, -0.2) is 37.0 Å². The molecule has 0 unspecified atom stereocenters. The molecule has 102 valence electrons. The number of carbonyl (C=O) groups excluding carboxylic acids is 1. The van der Waals surface area contributed by atoms with E-state index in [0.717, 1.165) is 23.8 Å². The number of rotatable bonds is 6. The lowest BCUT2D eigenvalue weighted by atomic mass is 10.2. The molecule has 1 aromatic carbocycles. The molecule has 0 radical (unpaired) electrons. The molecule has 0 aliphatic heterocycles. The number of hydrogen-bond donors (Lipinski definition) is 2. The molecule has 19 heavy (non-hydrogen) atoms. The van der Waals surface area contributed by atoms with Crippen molar-refractivity contribution < 1.29 is 4.79 Å². The van der Waals surface area contributed by atoms with Gasteiger partial charge in [-0.2, -0.15) is 0 Å². The fourth-order valence-electron chi connectivity index (χ4n) is 1.89. The molecule has 0 atom stereocenters. The molecular formula is C15H21N3O. The van der Waals surface area contributed by atoms with Crippen LogP contribution < -0.4 is 11.1 Å². The first-order valence-corrected chi connectivity index (χ1v) is 6.67. The van der Waals surface area contributed by atoms with Crippen LogP contribution in [0, 0.1) is 0 Å². The second-order valence-corrected chi connectivity index (χ2v) is 5.00. The zero-order valence-electron chi connectivity index (χ0n) is 11.3. The number of nitrogens with two attached hydrogens (primary N) is 1. The summed E-state index contributed by atoms with van der Waals surface area (Å²) in [5, 5.41) is 2.89. The standard InChI is InChI=1S/C15H21N3O/c1-18(14-7-8-14)11-10-17-15(19)9-4-12-2-5-13(16)6-3-12/h2-6,9,14H,7-8,10-11,16H2,1H3,(H,17,19)/b9-4+. The van der Waals surface area contributed by atoms with Crippen molar-refractivity contribution in [2.45, 2.75) is 18.9 Å². The van der Waals surface area contributed by atoms with Crippen molar-refractivity contribution in [3.63, 3.8) is 0 Å². The van der Waals surface area contributed by atoms with Gasteiger partial charge in [0.25, 0.3) is 0 Å². The predicted molar refractivity (Wildman–Crippen MR) is 78.6 cm³/mol. The number of amides is 1. The van der Waals surface area contributed by atoms with Crippen molar-refractivity contribution in [2.24, 2.45) is 0 Å². The highest BCUT2D eigenvalue weighted by Gasteiger charge is 2.25. The van der Waals surface area contributed by atoms with E-state index in [2.05, 4.69) is 17.3 Å². The maximum atomic E-state index is 11.6. The second-order valence-electron chi connectivity index (χ2n) is 5.00. The summed E-state index contributed by atoms with van der Waals surface area (Å²) in [6, 6.07) is 8.16. The van der Waals surface area contributed by atoms with E-state index in [1.807, 2.05) is 24.3 Å². The Hall–Kier alpha value is -1.81. The maximum Gasteiger partial charge on any atom is 0.244 e. The average Bonchev–Trinajstić information content (AvgIpc) is 3.22. The largest absolute Gasteiger partial charge is 0.399 e. The molecule has 4 heteroatoms. The minimum absolute atomic E-state index is 0.0546. The van der Waals surface area contributed by atoms with Gasteiger partial charge in [-0.3, -0.25) is 4.79 Å². The summed E-state index contributed by atoms with van der Waals surface area (Å²) >= 11 is 0. The number of anilines is 1. The third-order valence-electron chi connectivity index (χ3n) is 3.30. The van der Waals surface area contributed by atoms with Gasteiger partial charge in [-0.15, -0.1) is 0 Å². The van der Waals surface area contributed by atoms with Crippen molar-refractivity contribution in [3.8, 4) is 0 Å². The van der Waals surface area contributed by atoms with Crippen molar-refractivity contribution in [2.75, 3.05) is 25.9 Å². The van der Waals surface area contributed by atoms with Gasteiger partial charge >= 0.3 is 0 Å². The van der Waals surface area contributed by atoms with E-state index in [1.54, 1.807) is 12.2 Å². The van der Waals surface area contributed by atoms with Gasteiger partial charge < -0.3 is 16.0 Å². The highest BCUT2D eigenvalue weighted by molar-refractivity contribution is 5.91. The summed E-state index contributed by atoms with van der Waals surface area (Å²) in [5.41, 5.74) is 7.30. The van der Waals surface area contributed by atoms with Crippen molar-refractivity contribution >= 4 is 17.7 Å². The Morgan fingerprint density at radius 1 is 1.42 bits per heavy atom. The maximum absolute atomic E-state index is 11.6.